The van der Waals surface area contributed by atoms with Gasteiger partial charge >= 0.3 is 6.18 Å². The van der Waals surface area contributed by atoms with Crippen molar-refractivity contribution < 1.29 is 17.9 Å². The lowest BCUT2D eigenvalue weighted by molar-refractivity contribution is -0.199. The standard InChI is InChI=1S/C19H14F3N5O2/c1-27-9-13(24-10-27)15-14-12(7-8-23-15)17(28)26-18(25-14)29-16(19(20,21)22)11-5-3-2-4-6-11/h2-10,16H,1H3,(H,25,26,28)/t16-/m0/s1. The van der Waals surface area contributed by atoms with Gasteiger partial charge in [-0.15, -0.1) is 0 Å². The number of aromatic nitrogens is 5. The molecule has 1 N–H and O–H groups in total. The average molecular weight is 401 g/mol. The highest BCUT2D eigenvalue weighted by Gasteiger charge is 2.43. The van der Waals surface area contributed by atoms with Crippen LogP contribution >= 0.6 is 0 Å². The summed E-state index contributed by atoms with van der Waals surface area (Å²) in [5.41, 5.74) is 0.0382. The molecule has 0 bridgehead atoms. The van der Waals surface area contributed by atoms with Gasteiger partial charge in [-0.2, -0.15) is 18.2 Å². The number of rotatable bonds is 4. The molecule has 29 heavy (non-hydrogen) atoms. The quantitative estimate of drug-likeness (QED) is 0.567. The molecule has 0 unspecified atom stereocenters. The zero-order valence-electron chi connectivity index (χ0n) is 15.0. The zero-order valence-corrected chi connectivity index (χ0v) is 15.0. The summed E-state index contributed by atoms with van der Waals surface area (Å²) in [6, 6.07) is 7.98. The van der Waals surface area contributed by atoms with E-state index in [1.807, 2.05) is 0 Å². The summed E-state index contributed by atoms with van der Waals surface area (Å²) >= 11 is 0. The van der Waals surface area contributed by atoms with E-state index in [4.69, 9.17) is 4.74 Å². The summed E-state index contributed by atoms with van der Waals surface area (Å²) < 4.78 is 47.5. The third kappa shape index (κ3) is 3.68. The normalized spacial score (nSPS) is 12.8. The predicted octanol–water partition coefficient (Wildman–Crippen LogP) is 3.40. The van der Waals surface area contributed by atoms with E-state index in [1.54, 1.807) is 23.9 Å². The maximum absolute atomic E-state index is 13.6. The highest BCUT2D eigenvalue weighted by atomic mass is 19.4. The van der Waals surface area contributed by atoms with E-state index >= 15 is 0 Å². The first-order valence-corrected chi connectivity index (χ1v) is 8.48. The molecule has 4 rings (SSSR count). The van der Waals surface area contributed by atoms with E-state index in [2.05, 4.69) is 19.9 Å². The summed E-state index contributed by atoms with van der Waals surface area (Å²) in [5, 5.41) is 0.163. The van der Waals surface area contributed by atoms with Gasteiger partial charge in [-0.05, 0) is 6.07 Å². The molecule has 148 valence electrons. The molecule has 0 spiro atoms. The lowest BCUT2D eigenvalue weighted by Crippen LogP contribution is -2.27. The molecule has 3 aromatic heterocycles. The van der Waals surface area contributed by atoms with Gasteiger partial charge in [-0.3, -0.25) is 14.8 Å². The number of hydrogen-bond acceptors (Lipinski definition) is 5. The van der Waals surface area contributed by atoms with Gasteiger partial charge in [0.05, 0.1) is 11.7 Å². The van der Waals surface area contributed by atoms with Crippen LogP contribution < -0.4 is 10.3 Å². The minimum atomic E-state index is -4.71. The summed E-state index contributed by atoms with van der Waals surface area (Å²) in [7, 11) is 1.75. The molecular formula is C19H14F3N5O2. The van der Waals surface area contributed by atoms with Crippen molar-refractivity contribution in [2.45, 2.75) is 12.3 Å². The molecule has 0 aliphatic carbocycles. The number of halogens is 3. The molecule has 10 heteroatoms. The number of aryl methyl sites for hydroxylation is 1. The van der Waals surface area contributed by atoms with Crippen LogP contribution in [0.3, 0.4) is 0 Å². The molecule has 3 heterocycles. The summed E-state index contributed by atoms with van der Waals surface area (Å²) in [4.78, 5) is 27.2. The molecule has 7 nitrogen and oxygen atoms in total. The van der Waals surface area contributed by atoms with Crippen molar-refractivity contribution in [3.05, 3.63) is 71.0 Å². The van der Waals surface area contributed by atoms with Gasteiger partial charge in [0.2, 0.25) is 6.10 Å². The Morgan fingerprint density at radius 3 is 2.55 bits per heavy atom. The Morgan fingerprint density at radius 2 is 1.90 bits per heavy atom. The second-order valence-corrected chi connectivity index (χ2v) is 6.30. The monoisotopic (exact) mass is 401 g/mol. The van der Waals surface area contributed by atoms with Crippen LogP contribution in [0.2, 0.25) is 0 Å². The van der Waals surface area contributed by atoms with Crippen molar-refractivity contribution in [2.24, 2.45) is 7.05 Å². The number of benzene rings is 1. The zero-order chi connectivity index (χ0) is 20.6. The molecule has 0 radical (unpaired) electrons. The Bertz CT molecular complexity index is 1220. The number of nitrogens with one attached hydrogen (secondary N) is 1. The fraction of sp³-hybridized carbons (Fsp3) is 0.158. The number of fused-ring (bicyclic) bond motifs is 1. The lowest BCUT2D eigenvalue weighted by Gasteiger charge is -2.21. The smallest absolute Gasteiger partial charge is 0.429 e. The van der Waals surface area contributed by atoms with Crippen molar-refractivity contribution in [3.63, 3.8) is 0 Å². The van der Waals surface area contributed by atoms with E-state index in [9.17, 15) is 18.0 Å². The molecule has 0 saturated carbocycles. The van der Waals surface area contributed by atoms with Gasteiger partial charge in [0.15, 0.2) is 0 Å². The number of H-pyrrole nitrogens is 1. The predicted molar refractivity (Wildman–Crippen MR) is 98.2 cm³/mol. The van der Waals surface area contributed by atoms with Crippen LogP contribution in [0, 0.1) is 0 Å². The topological polar surface area (TPSA) is 85.7 Å². The number of imidazole rings is 1. The van der Waals surface area contributed by atoms with Gasteiger partial charge in [0.25, 0.3) is 11.6 Å². The van der Waals surface area contributed by atoms with Crippen molar-refractivity contribution in [1.82, 2.24) is 24.5 Å². The minimum absolute atomic E-state index is 0.0962. The first-order valence-electron chi connectivity index (χ1n) is 8.48. The van der Waals surface area contributed by atoms with Crippen molar-refractivity contribution >= 4 is 10.9 Å². The molecule has 1 atom stereocenters. The minimum Gasteiger partial charge on any atom is -0.447 e. The van der Waals surface area contributed by atoms with Crippen LogP contribution in [0.1, 0.15) is 11.7 Å². The Labute approximate surface area is 161 Å². The number of pyridine rings is 1. The van der Waals surface area contributed by atoms with E-state index < -0.39 is 23.8 Å². The van der Waals surface area contributed by atoms with Crippen LogP contribution in [0.5, 0.6) is 6.01 Å². The number of alkyl halides is 3. The number of hydrogen-bond donors (Lipinski definition) is 1. The van der Waals surface area contributed by atoms with Gasteiger partial charge in [-0.1, -0.05) is 30.3 Å². The van der Waals surface area contributed by atoms with Crippen molar-refractivity contribution in [2.75, 3.05) is 0 Å². The van der Waals surface area contributed by atoms with E-state index in [0.29, 0.717) is 5.69 Å². The number of ether oxygens (including phenoxy) is 1. The fourth-order valence-corrected chi connectivity index (χ4v) is 2.89. The average Bonchev–Trinajstić information content (AvgIpc) is 3.12. The molecule has 0 aliphatic rings. The molecule has 0 saturated heterocycles. The molecule has 4 aromatic rings. The Kier molecular flexibility index (Phi) is 4.53. The Morgan fingerprint density at radius 1 is 1.14 bits per heavy atom. The van der Waals surface area contributed by atoms with Crippen molar-refractivity contribution in [1.29, 1.82) is 0 Å². The second kappa shape index (κ2) is 7.04. The number of nitrogens with zero attached hydrogens (tertiary/aromatic N) is 4. The first kappa shape index (κ1) is 18.7. The maximum Gasteiger partial charge on any atom is 0.429 e. The SMILES string of the molecule is Cn1cnc(-c2nccc3c(=O)[nH]c(O[C@@H](c4ccccc4)C(F)(F)F)nc23)c1. The van der Waals surface area contributed by atoms with Crippen LogP contribution in [0.25, 0.3) is 22.3 Å². The number of aromatic amines is 1. The van der Waals surface area contributed by atoms with Crippen LogP contribution in [0.4, 0.5) is 13.2 Å². The van der Waals surface area contributed by atoms with Crippen LogP contribution in [-0.4, -0.2) is 30.7 Å². The van der Waals surface area contributed by atoms with E-state index in [1.165, 1.54) is 42.9 Å². The Balaban J connectivity index is 1.83. The van der Waals surface area contributed by atoms with E-state index in [-0.39, 0.29) is 22.2 Å². The molecule has 1 aromatic carbocycles. The second-order valence-electron chi connectivity index (χ2n) is 6.30. The molecule has 0 fully saturated rings. The van der Waals surface area contributed by atoms with E-state index in [0.717, 1.165) is 0 Å². The molecule has 0 aliphatic heterocycles. The Hall–Kier alpha value is -3.69. The summed E-state index contributed by atoms with van der Waals surface area (Å²) in [6.45, 7) is 0. The molecule has 0 amide bonds. The van der Waals surface area contributed by atoms with Gasteiger partial charge in [-0.25, -0.2) is 4.98 Å². The van der Waals surface area contributed by atoms with Crippen LogP contribution in [-0.2, 0) is 7.05 Å². The lowest BCUT2D eigenvalue weighted by atomic mass is 10.1. The maximum atomic E-state index is 13.6. The van der Waals surface area contributed by atoms with Crippen molar-refractivity contribution in [3.8, 4) is 17.4 Å². The fourth-order valence-electron chi connectivity index (χ4n) is 2.89. The third-order valence-electron chi connectivity index (χ3n) is 4.18. The van der Waals surface area contributed by atoms with Crippen LogP contribution in [0.15, 0.2) is 59.9 Å². The van der Waals surface area contributed by atoms with Gasteiger partial charge in [0, 0.05) is 25.0 Å². The highest BCUT2D eigenvalue weighted by molar-refractivity contribution is 5.89. The van der Waals surface area contributed by atoms with Gasteiger partial charge < -0.3 is 9.30 Å². The third-order valence-corrected chi connectivity index (χ3v) is 4.18. The molecular weight excluding hydrogens is 387 g/mol. The summed E-state index contributed by atoms with van der Waals surface area (Å²) in [6.07, 6.45) is -2.40. The highest BCUT2D eigenvalue weighted by Crippen LogP contribution is 2.36. The van der Waals surface area contributed by atoms with Gasteiger partial charge in [0.1, 0.15) is 16.9 Å². The first-order chi connectivity index (χ1) is 13.8. The largest absolute Gasteiger partial charge is 0.447 e. The summed E-state index contributed by atoms with van der Waals surface area (Å²) in [5.74, 6) is 0.